The Morgan fingerprint density at radius 2 is 1.63 bits per heavy atom. The van der Waals surface area contributed by atoms with E-state index in [0.29, 0.717) is 16.6 Å². The van der Waals surface area contributed by atoms with Crippen LogP contribution < -0.4 is 20.3 Å². The molecule has 1 heterocycles. The molecule has 3 aromatic carbocycles. The smallest absolute Gasteiger partial charge is 0.267 e. The highest BCUT2D eigenvalue weighted by molar-refractivity contribution is 7.89. The zero-order valence-electron chi connectivity index (χ0n) is 18.9. The summed E-state index contributed by atoms with van der Waals surface area (Å²) in [4.78, 5) is 31.0. The first-order valence-corrected chi connectivity index (χ1v) is 12.0. The third-order valence-corrected chi connectivity index (χ3v) is 6.37. The Morgan fingerprint density at radius 3 is 2.34 bits per heavy atom. The Kier molecular flexibility index (Phi) is 6.76. The van der Waals surface area contributed by atoms with Crippen molar-refractivity contribution in [2.75, 3.05) is 12.4 Å². The molecule has 0 aliphatic heterocycles. The van der Waals surface area contributed by atoms with Gasteiger partial charge in [-0.05, 0) is 30.3 Å². The molecule has 0 spiro atoms. The molecule has 35 heavy (non-hydrogen) atoms. The average Bonchev–Trinajstić information content (AvgIpc) is 2.86. The first kappa shape index (κ1) is 23.9. The minimum absolute atomic E-state index is 0.0431. The Hall–Kier alpha value is -4.28. The lowest BCUT2D eigenvalue weighted by Gasteiger charge is -2.14. The van der Waals surface area contributed by atoms with Crippen LogP contribution in [0.2, 0.25) is 0 Å². The Labute approximate surface area is 202 Å². The molecule has 0 bridgehead atoms. The molecule has 2 amide bonds. The molecule has 0 unspecified atom stereocenters. The Balaban J connectivity index is 1.66. The van der Waals surface area contributed by atoms with Gasteiger partial charge in [0.2, 0.25) is 5.91 Å². The number of para-hydroxylation sites is 1. The number of nitrogens with one attached hydrogen (secondary N) is 3. The quantitative estimate of drug-likeness (QED) is 0.341. The number of aromatic nitrogens is 1. The molecule has 4 aromatic rings. The molecule has 9 nitrogen and oxygen atoms in total. The maximum Gasteiger partial charge on any atom is 0.267 e. The summed E-state index contributed by atoms with van der Waals surface area (Å²) in [6.07, 6.45) is 0. The number of carbonyl (C=O) groups excluding carboxylic acids is 2. The molecule has 4 rings (SSSR count). The van der Waals surface area contributed by atoms with E-state index in [1.165, 1.54) is 32.2 Å². The van der Waals surface area contributed by atoms with Crippen molar-refractivity contribution in [3.8, 4) is 17.0 Å². The lowest BCUT2D eigenvalue weighted by molar-refractivity contribution is -0.114. The fraction of sp³-hybridized carbons (Fsp3) is 0.0800. The number of ether oxygens (including phenoxy) is 1. The van der Waals surface area contributed by atoms with Crippen molar-refractivity contribution in [2.24, 2.45) is 0 Å². The van der Waals surface area contributed by atoms with Crippen LogP contribution in [0.5, 0.6) is 5.75 Å². The molecule has 3 N–H and O–H groups in total. The van der Waals surface area contributed by atoms with Gasteiger partial charge in [0.05, 0.1) is 23.9 Å². The van der Waals surface area contributed by atoms with E-state index in [1.54, 1.807) is 24.3 Å². The summed E-state index contributed by atoms with van der Waals surface area (Å²) in [7, 11) is -2.94. The molecule has 178 valence electrons. The summed E-state index contributed by atoms with van der Waals surface area (Å²) < 4.78 is 31.2. The van der Waals surface area contributed by atoms with Gasteiger partial charge in [-0.2, -0.15) is 0 Å². The van der Waals surface area contributed by atoms with Crippen LogP contribution in [0.15, 0.2) is 83.8 Å². The van der Waals surface area contributed by atoms with E-state index in [2.05, 4.69) is 20.6 Å². The number of fused-ring (bicyclic) bond motifs is 1. The zero-order chi connectivity index (χ0) is 25.0. The summed E-state index contributed by atoms with van der Waals surface area (Å²) in [5.74, 6) is -0.985. The van der Waals surface area contributed by atoms with Gasteiger partial charge in [-0.3, -0.25) is 15.0 Å². The number of anilines is 1. The summed E-state index contributed by atoms with van der Waals surface area (Å²) in [6.45, 7) is 1.31. The van der Waals surface area contributed by atoms with Gasteiger partial charge < -0.3 is 10.1 Å². The van der Waals surface area contributed by atoms with Crippen molar-refractivity contribution in [1.29, 1.82) is 0 Å². The maximum atomic E-state index is 13.1. The molecule has 0 aliphatic rings. The van der Waals surface area contributed by atoms with Gasteiger partial charge in [0.15, 0.2) is 0 Å². The van der Waals surface area contributed by atoms with Crippen LogP contribution in [0.25, 0.3) is 22.2 Å². The van der Waals surface area contributed by atoms with Gasteiger partial charge >= 0.3 is 0 Å². The van der Waals surface area contributed by atoms with E-state index >= 15 is 0 Å². The van der Waals surface area contributed by atoms with Crippen molar-refractivity contribution < 1.29 is 22.7 Å². The number of pyridine rings is 1. The lowest BCUT2D eigenvalue weighted by atomic mass is 10.0. The first-order chi connectivity index (χ1) is 16.8. The van der Waals surface area contributed by atoms with E-state index < -0.39 is 15.9 Å². The fourth-order valence-electron chi connectivity index (χ4n) is 3.52. The van der Waals surface area contributed by atoms with Crippen molar-refractivity contribution in [3.63, 3.8) is 0 Å². The normalized spacial score (nSPS) is 11.1. The monoisotopic (exact) mass is 490 g/mol. The first-order valence-electron chi connectivity index (χ1n) is 10.5. The highest BCUT2D eigenvalue weighted by Gasteiger charge is 2.22. The van der Waals surface area contributed by atoms with Crippen molar-refractivity contribution >= 4 is 38.4 Å². The van der Waals surface area contributed by atoms with Crippen LogP contribution in [0.3, 0.4) is 0 Å². The minimum atomic E-state index is -4.25. The molecule has 0 saturated carbocycles. The number of carbonyl (C=O) groups is 2. The Morgan fingerprint density at radius 1 is 0.914 bits per heavy atom. The standard InChI is InChI=1S/C25H22N4O5S/c1-16(30)26-18-12-13-23(34-2)24(14-18)35(32,33)29-28-25(31)20-15-22(17-8-4-3-5-9-17)27-21-11-7-6-10-19(20)21/h3-15,29H,1-2H3,(H,26,30)(H,28,31). The van der Waals surface area contributed by atoms with E-state index in [9.17, 15) is 18.0 Å². The molecule has 0 fully saturated rings. The Bertz CT molecular complexity index is 1520. The van der Waals surface area contributed by atoms with Crippen LogP contribution >= 0.6 is 0 Å². The number of nitrogens with zero attached hydrogens (tertiary/aromatic N) is 1. The summed E-state index contributed by atoms with van der Waals surface area (Å²) in [6, 6.07) is 22.2. The second-order valence-corrected chi connectivity index (χ2v) is 9.20. The largest absolute Gasteiger partial charge is 0.495 e. The maximum absolute atomic E-state index is 13.1. The molecule has 10 heteroatoms. The summed E-state index contributed by atoms with van der Waals surface area (Å²) in [5.41, 5.74) is 4.75. The van der Waals surface area contributed by atoms with Crippen LogP contribution in [0, 0.1) is 0 Å². The zero-order valence-corrected chi connectivity index (χ0v) is 19.7. The van der Waals surface area contributed by atoms with Crippen LogP contribution in [0.1, 0.15) is 17.3 Å². The topological polar surface area (TPSA) is 126 Å². The number of methoxy groups -OCH3 is 1. The van der Waals surface area contributed by atoms with Gasteiger partial charge in [-0.25, -0.2) is 13.4 Å². The second-order valence-electron chi connectivity index (χ2n) is 7.54. The van der Waals surface area contributed by atoms with Crippen molar-refractivity contribution in [3.05, 3.63) is 84.4 Å². The molecule has 0 aliphatic carbocycles. The van der Waals surface area contributed by atoms with Gasteiger partial charge in [0.1, 0.15) is 10.6 Å². The summed E-state index contributed by atoms with van der Waals surface area (Å²) in [5, 5.41) is 3.08. The highest BCUT2D eigenvalue weighted by atomic mass is 32.2. The second kappa shape index (κ2) is 9.92. The number of benzene rings is 3. The van der Waals surface area contributed by atoms with Gasteiger partial charge in [0, 0.05) is 23.6 Å². The molecular formula is C25H22N4O5S. The fourth-order valence-corrected chi connectivity index (χ4v) is 4.56. The van der Waals surface area contributed by atoms with Crippen LogP contribution in [-0.2, 0) is 14.8 Å². The minimum Gasteiger partial charge on any atom is -0.495 e. The number of rotatable bonds is 7. The van der Waals surface area contributed by atoms with Gasteiger partial charge in [-0.1, -0.05) is 48.5 Å². The van der Waals surface area contributed by atoms with E-state index in [0.717, 1.165) is 5.56 Å². The summed E-state index contributed by atoms with van der Waals surface area (Å²) >= 11 is 0. The van der Waals surface area contributed by atoms with Gasteiger partial charge in [-0.15, -0.1) is 4.83 Å². The van der Waals surface area contributed by atoms with E-state index in [1.807, 2.05) is 36.4 Å². The van der Waals surface area contributed by atoms with E-state index in [4.69, 9.17) is 4.74 Å². The van der Waals surface area contributed by atoms with Crippen molar-refractivity contribution in [1.82, 2.24) is 15.2 Å². The molecule has 0 saturated heterocycles. The highest BCUT2D eigenvalue weighted by Crippen LogP contribution is 2.27. The number of amides is 2. The SMILES string of the molecule is COc1ccc(NC(C)=O)cc1S(=O)(=O)NNC(=O)c1cc(-c2ccccc2)nc2ccccc12. The van der Waals surface area contributed by atoms with Crippen LogP contribution in [-0.4, -0.2) is 32.3 Å². The number of hydrogen-bond acceptors (Lipinski definition) is 6. The molecule has 0 atom stereocenters. The van der Waals surface area contributed by atoms with Crippen LogP contribution in [0.4, 0.5) is 5.69 Å². The molecular weight excluding hydrogens is 468 g/mol. The lowest BCUT2D eigenvalue weighted by Crippen LogP contribution is -2.41. The van der Waals surface area contributed by atoms with E-state index in [-0.39, 0.29) is 27.8 Å². The third-order valence-electron chi connectivity index (χ3n) is 5.10. The predicted octanol–water partition coefficient (Wildman–Crippen LogP) is 3.49. The predicted molar refractivity (Wildman–Crippen MR) is 132 cm³/mol. The number of sulfonamides is 1. The average molecular weight is 491 g/mol. The number of hydrazine groups is 1. The number of hydrogen-bond donors (Lipinski definition) is 3. The van der Waals surface area contributed by atoms with Crippen molar-refractivity contribution in [2.45, 2.75) is 11.8 Å². The van der Waals surface area contributed by atoms with Gasteiger partial charge in [0.25, 0.3) is 15.9 Å². The molecule has 0 radical (unpaired) electrons. The third kappa shape index (κ3) is 5.29. The molecule has 1 aromatic heterocycles.